The lowest BCUT2D eigenvalue weighted by molar-refractivity contribution is 0.596. The minimum atomic E-state index is -0.123. The van der Waals surface area contributed by atoms with Crippen LogP contribution in [0.4, 0.5) is 0 Å². The zero-order valence-corrected chi connectivity index (χ0v) is 32.1. The molecule has 0 unspecified atom stereocenters. The maximum absolute atomic E-state index is 6.62. The smallest absolute Gasteiger partial charge is 0.136 e. The molecule has 13 rings (SSSR count). The Morgan fingerprint density at radius 2 is 0.772 bits per heavy atom. The van der Waals surface area contributed by atoms with Crippen molar-refractivity contribution < 1.29 is 13.3 Å². The number of benzene rings is 8. The van der Waals surface area contributed by atoms with Gasteiger partial charge in [0.05, 0.1) is 0 Å². The Labute approximate surface area is 328 Å². The van der Waals surface area contributed by atoms with Gasteiger partial charge in [-0.1, -0.05) is 113 Å². The zero-order chi connectivity index (χ0) is 37.9. The van der Waals surface area contributed by atoms with Gasteiger partial charge in [-0.25, -0.2) is 0 Å². The summed E-state index contributed by atoms with van der Waals surface area (Å²) in [5, 5.41) is 9.63. The molecule has 3 nitrogen and oxygen atoms in total. The van der Waals surface area contributed by atoms with E-state index in [1.54, 1.807) is 0 Å². The van der Waals surface area contributed by atoms with Gasteiger partial charge in [-0.15, -0.1) is 0 Å². The lowest BCUT2D eigenvalue weighted by Crippen LogP contribution is -2.14. The fraction of sp³-hybridized carbons (Fsp3) is 0.111. The van der Waals surface area contributed by atoms with E-state index in [1.807, 2.05) is 0 Å². The summed E-state index contributed by atoms with van der Waals surface area (Å²) in [5.74, 6) is 1.59. The van der Waals surface area contributed by atoms with E-state index in [-0.39, 0.29) is 10.8 Å². The Hall–Kier alpha value is -6.84. The molecule has 3 heterocycles. The summed E-state index contributed by atoms with van der Waals surface area (Å²) in [6.45, 7) is 9.30. The van der Waals surface area contributed by atoms with E-state index >= 15 is 0 Å². The minimum absolute atomic E-state index is 0.123. The van der Waals surface area contributed by atoms with Gasteiger partial charge in [-0.3, -0.25) is 0 Å². The summed E-state index contributed by atoms with van der Waals surface area (Å²) < 4.78 is 19.8. The van der Waals surface area contributed by atoms with E-state index in [4.69, 9.17) is 13.3 Å². The molecule has 57 heavy (non-hydrogen) atoms. The number of fused-ring (bicyclic) bond motifs is 16. The molecule has 0 fully saturated rings. The molecule has 3 heteroatoms. The summed E-state index contributed by atoms with van der Waals surface area (Å²) in [7, 11) is 0. The van der Waals surface area contributed by atoms with Crippen LogP contribution in [0, 0.1) is 0 Å². The summed E-state index contributed by atoms with van der Waals surface area (Å²) in [6.07, 6.45) is 0. The molecule has 0 N–H and O–H groups in total. The molecule has 0 saturated heterocycles. The van der Waals surface area contributed by atoms with Crippen LogP contribution in [0.2, 0.25) is 0 Å². The summed E-state index contributed by atoms with van der Waals surface area (Å²) >= 11 is 0. The highest BCUT2D eigenvalue weighted by molar-refractivity contribution is 6.13. The van der Waals surface area contributed by atoms with Crippen molar-refractivity contribution in [3.8, 4) is 44.9 Å². The maximum Gasteiger partial charge on any atom is 0.136 e. The molecule has 11 aromatic rings. The van der Waals surface area contributed by atoms with Crippen LogP contribution in [0.1, 0.15) is 49.9 Å². The Morgan fingerprint density at radius 1 is 0.333 bits per heavy atom. The van der Waals surface area contributed by atoms with Crippen LogP contribution in [0.5, 0.6) is 0 Å². The standard InChI is InChI=1S/C54H36O3/c1-53(2)41-19-15-29-9-5-7-11-33(29)51(41)39-25-37-35-17-13-31(23-47(35)56-49(37)27-43(39)53)45-21-22-46(55-45)32-14-18-36-38-26-40-44(28-50(38)57-48(36)24-32)54(3,4)42-20-16-30-10-6-8-12-34(30)52(40)42/h5-28H,1-4H3. The monoisotopic (exact) mass is 732 g/mol. The highest BCUT2D eigenvalue weighted by Gasteiger charge is 2.38. The highest BCUT2D eigenvalue weighted by Crippen LogP contribution is 2.55. The van der Waals surface area contributed by atoms with Crippen molar-refractivity contribution in [2.45, 2.75) is 38.5 Å². The Morgan fingerprint density at radius 3 is 1.25 bits per heavy atom. The van der Waals surface area contributed by atoms with Gasteiger partial charge in [-0.05, 0) is 127 Å². The predicted molar refractivity (Wildman–Crippen MR) is 234 cm³/mol. The normalized spacial score (nSPS) is 14.9. The van der Waals surface area contributed by atoms with Gasteiger partial charge >= 0.3 is 0 Å². The van der Waals surface area contributed by atoms with Crippen LogP contribution < -0.4 is 0 Å². The van der Waals surface area contributed by atoms with E-state index in [0.29, 0.717) is 0 Å². The minimum Gasteiger partial charge on any atom is -0.456 e. The lowest BCUT2D eigenvalue weighted by Gasteiger charge is -2.21. The second kappa shape index (κ2) is 10.5. The van der Waals surface area contributed by atoms with Crippen LogP contribution in [0.25, 0.3) is 110 Å². The highest BCUT2D eigenvalue weighted by atomic mass is 16.3. The van der Waals surface area contributed by atoms with Crippen molar-refractivity contribution in [3.63, 3.8) is 0 Å². The molecule has 2 aliphatic rings. The zero-order valence-electron chi connectivity index (χ0n) is 32.1. The van der Waals surface area contributed by atoms with Gasteiger partial charge < -0.3 is 13.3 Å². The van der Waals surface area contributed by atoms with Crippen molar-refractivity contribution in [2.24, 2.45) is 0 Å². The third-order valence-corrected chi connectivity index (χ3v) is 13.5. The molecule has 0 amide bonds. The van der Waals surface area contributed by atoms with Crippen LogP contribution in [0.15, 0.2) is 159 Å². The molecule has 0 atom stereocenters. The van der Waals surface area contributed by atoms with Gasteiger partial charge in [0.15, 0.2) is 0 Å². The summed E-state index contributed by atoms with van der Waals surface area (Å²) in [5.41, 5.74) is 15.9. The molecule has 0 bridgehead atoms. The second-order valence-corrected chi connectivity index (χ2v) is 17.2. The Balaban J connectivity index is 0.875. The van der Waals surface area contributed by atoms with Crippen molar-refractivity contribution in [3.05, 3.63) is 168 Å². The fourth-order valence-corrected chi connectivity index (χ4v) is 10.5. The quantitative estimate of drug-likeness (QED) is 0.178. The van der Waals surface area contributed by atoms with E-state index in [1.165, 1.54) is 66.1 Å². The number of hydrogen-bond acceptors (Lipinski definition) is 3. The van der Waals surface area contributed by atoms with Crippen LogP contribution in [0.3, 0.4) is 0 Å². The molecule has 0 aliphatic heterocycles. The SMILES string of the molecule is CC1(C)c2cc3oc4cc(-c5ccc(-c6ccc7c(c6)oc6cc8c(cc67)-c6c(ccc7ccccc67)C8(C)C)o5)ccc4c3cc2-c2c1ccc1ccccc21. The number of rotatable bonds is 2. The first kappa shape index (κ1) is 31.4. The van der Waals surface area contributed by atoms with Gasteiger partial charge in [0.25, 0.3) is 0 Å². The first-order chi connectivity index (χ1) is 27.7. The molecule has 270 valence electrons. The molecule has 8 aromatic carbocycles. The summed E-state index contributed by atoms with van der Waals surface area (Å²) in [4.78, 5) is 0. The van der Waals surface area contributed by atoms with Crippen molar-refractivity contribution in [1.29, 1.82) is 0 Å². The first-order valence-corrected chi connectivity index (χ1v) is 19.9. The van der Waals surface area contributed by atoms with Gasteiger partial charge in [0.2, 0.25) is 0 Å². The first-order valence-electron chi connectivity index (χ1n) is 19.9. The topological polar surface area (TPSA) is 39.4 Å². The van der Waals surface area contributed by atoms with E-state index in [2.05, 4.69) is 173 Å². The molecular weight excluding hydrogens is 697 g/mol. The Kier molecular flexibility index (Phi) is 5.78. The summed E-state index contributed by atoms with van der Waals surface area (Å²) in [6, 6.07) is 52.8. The number of hydrogen-bond donors (Lipinski definition) is 0. The molecule has 2 aliphatic carbocycles. The molecule has 0 saturated carbocycles. The maximum atomic E-state index is 6.62. The van der Waals surface area contributed by atoms with E-state index in [9.17, 15) is 0 Å². The van der Waals surface area contributed by atoms with Crippen LogP contribution in [-0.4, -0.2) is 0 Å². The Bertz CT molecular complexity index is 3350. The van der Waals surface area contributed by atoms with E-state index in [0.717, 1.165) is 66.5 Å². The third-order valence-electron chi connectivity index (χ3n) is 13.5. The average Bonchev–Trinajstić information content (AvgIpc) is 4.03. The fourth-order valence-electron chi connectivity index (χ4n) is 10.5. The largest absolute Gasteiger partial charge is 0.456 e. The van der Waals surface area contributed by atoms with Crippen molar-refractivity contribution in [1.82, 2.24) is 0 Å². The van der Waals surface area contributed by atoms with Crippen LogP contribution in [-0.2, 0) is 10.8 Å². The van der Waals surface area contributed by atoms with E-state index < -0.39 is 0 Å². The molecule has 0 spiro atoms. The van der Waals surface area contributed by atoms with Crippen LogP contribution >= 0.6 is 0 Å². The lowest BCUT2D eigenvalue weighted by atomic mass is 9.82. The molecule has 3 aromatic heterocycles. The van der Waals surface area contributed by atoms with Crippen molar-refractivity contribution in [2.75, 3.05) is 0 Å². The number of furan rings is 3. The average molecular weight is 733 g/mol. The molecular formula is C54H36O3. The van der Waals surface area contributed by atoms with Gasteiger partial charge in [0, 0.05) is 43.5 Å². The molecule has 0 radical (unpaired) electrons. The van der Waals surface area contributed by atoms with Crippen molar-refractivity contribution >= 4 is 65.4 Å². The third kappa shape index (κ3) is 4.06. The van der Waals surface area contributed by atoms with Gasteiger partial charge in [-0.2, -0.15) is 0 Å². The second-order valence-electron chi connectivity index (χ2n) is 17.2. The van der Waals surface area contributed by atoms with Gasteiger partial charge in [0.1, 0.15) is 33.9 Å². The predicted octanol–water partition coefficient (Wildman–Crippen LogP) is 15.3.